The largest absolute Gasteiger partial charge is 0.497 e. The standard InChI is InChI=1S/C25H34N2O3S/c1-5-23(25(29)26-19(2)3)27(17-20-11-13-22(30-4)14-12-20)24(28)15-16-31-18-21-9-7-6-8-10-21/h6-14,19,23H,5,15-18H2,1-4H3,(H,26,29)/t23-/m0/s1. The Bertz CT molecular complexity index is 809. The van der Waals surface area contributed by atoms with E-state index in [-0.39, 0.29) is 17.9 Å². The maximum absolute atomic E-state index is 13.2. The number of carbonyl (C=O) groups is 2. The number of benzene rings is 2. The maximum atomic E-state index is 13.2. The summed E-state index contributed by atoms with van der Waals surface area (Å²) in [5.41, 5.74) is 2.22. The van der Waals surface area contributed by atoms with Crippen LogP contribution in [0.15, 0.2) is 54.6 Å². The molecule has 0 radical (unpaired) electrons. The lowest BCUT2D eigenvalue weighted by Crippen LogP contribution is -2.50. The van der Waals surface area contributed by atoms with E-state index in [0.717, 1.165) is 22.8 Å². The lowest BCUT2D eigenvalue weighted by molar-refractivity contribution is -0.141. The van der Waals surface area contributed by atoms with Gasteiger partial charge in [0.25, 0.3) is 0 Å². The van der Waals surface area contributed by atoms with Crippen molar-refractivity contribution >= 4 is 23.6 Å². The molecule has 0 bridgehead atoms. The van der Waals surface area contributed by atoms with Crippen molar-refractivity contribution in [2.75, 3.05) is 12.9 Å². The first-order valence-corrected chi connectivity index (χ1v) is 11.9. The Balaban J connectivity index is 2.06. The van der Waals surface area contributed by atoms with Crippen LogP contribution in [0.1, 0.15) is 44.7 Å². The normalized spacial score (nSPS) is 11.8. The monoisotopic (exact) mass is 442 g/mol. The highest BCUT2D eigenvalue weighted by Gasteiger charge is 2.28. The molecule has 2 amide bonds. The van der Waals surface area contributed by atoms with Gasteiger partial charge in [-0.3, -0.25) is 9.59 Å². The van der Waals surface area contributed by atoms with Crippen LogP contribution in [0.2, 0.25) is 0 Å². The van der Waals surface area contributed by atoms with E-state index in [4.69, 9.17) is 4.74 Å². The second-order valence-electron chi connectivity index (χ2n) is 7.75. The molecule has 0 fully saturated rings. The lowest BCUT2D eigenvalue weighted by Gasteiger charge is -2.31. The van der Waals surface area contributed by atoms with Gasteiger partial charge in [-0.25, -0.2) is 0 Å². The van der Waals surface area contributed by atoms with Gasteiger partial charge in [-0.1, -0.05) is 49.4 Å². The van der Waals surface area contributed by atoms with Crippen LogP contribution in [0.3, 0.4) is 0 Å². The Morgan fingerprint density at radius 2 is 1.71 bits per heavy atom. The van der Waals surface area contributed by atoms with Crippen LogP contribution in [0.5, 0.6) is 5.75 Å². The summed E-state index contributed by atoms with van der Waals surface area (Å²) in [5.74, 6) is 2.26. The molecule has 0 unspecified atom stereocenters. The quantitative estimate of drug-likeness (QED) is 0.486. The summed E-state index contributed by atoms with van der Waals surface area (Å²) < 4.78 is 5.23. The summed E-state index contributed by atoms with van der Waals surface area (Å²) in [7, 11) is 1.63. The molecule has 0 aliphatic rings. The molecule has 0 aromatic heterocycles. The molecule has 2 aromatic carbocycles. The third-order valence-corrected chi connectivity index (χ3v) is 5.93. The fourth-order valence-corrected chi connectivity index (χ4v) is 4.19. The number of nitrogens with one attached hydrogen (secondary N) is 1. The molecule has 0 saturated carbocycles. The minimum absolute atomic E-state index is 0.00198. The number of amides is 2. The predicted octanol–water partition coefficient (Wildman–Crippen LogP) is 4.65. The second-order valence-corrected chi connectivity index (χ2v) is 8.85. The van der Waals surface area contributed by atoms with E-state index >= 15 is 0 Å². The van der Waals surface area contributed by atoms with E-state index < -0.39 is 6.04 Å². The third kappa shape index (κ3) is 8.29. The van der Waals surface area contributed by atoms with Crippen LogP contribution in [-0.2, 0) is 21.9 Å². The third-order valence-electron chi connectivity index (χ3n) is 4.90. The van der Waals surface area contributed by atoms with Crippen molar-refractivity contribution in [1.29, 1.82) is 0 Å². The van der Waals surface area contributed by atoms with E-state index in [1.807, 2.05) is 63.2 Å². The first kappa shape index (κ1) is 24.8. The minimum Gasteiger partial charge on any atom is -0.497 e. The van der Waals surface area contributed by atoms with Crippen molar-refractivity contribution in [2.24, 2.45) is 0 Å². The van der Waals surface area contributed by atoms with Crippen LogP contribution in [-0.4, -0.2) is 41.7 Å². The zero-order valence-electron chi connectivity index (χ0n) is 19.0. The highest BCUT2D eigenvalue weighted by molar-refractivity contribution is 7.98. The van der Waals surface area contributed by atoms with E-state index in [0.29, 0.717) is 19.4 Å². The number of carbonyl (C=O) groups excluding carboxylic acids is 2. The number of nitrogens with zero attached hydrogens (tertiary/aromatic N) is 1. The van der Waals surface area contributed by atoms with Gasteiger partial charge in [0.1, 0.15) is 11.8 Å². The number of ether oxygens (including phenoxy) is 1. The van der Waals surface area contributed by atoms with E-state index in [9.17, 15) is 9.59 Å². The molecule has 0 heterocycles. The molecule has 2 rings (SSSR count). The van der Waals surface area contributed by atoms with Crippen LogP contribution in [0.4, 0.5) is 0 Å². The molecule has 0 saturated heterocycles. The summed E-state index contributed by atoms with van der Waals surface area (Å²) in [6, 6.07) is 17.4. The predicted molar refractivity (Wildman–Crippen MR) is 128 cm³/mol. The van der Waals surface area contributed by atoms with E-state index in [2.05, 4.69) is 17.4 Å². The number of hydrogen-bond acceptors (Lipinski definition) is 4. The fraction of sp³-hybridized carbons (Fsp3) is 0.440. The Kier molecular flexibility index (Phi) is 10.4. The van der Waals surface area contributed by atoms with Gasteiger partial charge in [0.2, 0.25) is 11.8 Å². The summed E-state index contributed by atoms with van der Waals surface area (Å²) >= 11 is 1.74. The van der Waals surface area contributed by atoms with Gasteiger partial charge in [0.05, 0.1) is 7.11 Å². The molecule has 31 heavy (non-hydrogen) atoms. The summed E-state index contributed by atoms with van der Waals surface area (Å²) in [6.07, 6.45) is 0.969. The molecule has 1 N–H and O–H groups in total. The molecular weight excluding hydrogens is 408 g/mol. The molecule has 2 aromatic rings. The number of methoxy groups -OCH3 is 1. The van der Waals surface area contributed by atoms with Crippen molar-refractivity contribution in [2.45, 2.75) is 58.0 Å². The van der Waals surface area contributed by atoms with Crippen molar-refractivity contribution in [3.05, 3.63) is 65.7 Å². The summed E-state index contributed by atoms with van der Waals surface area (Å²) in [5, 5.41) is 2.96. The SMILES string of the molecule is CC[C@@H](C(=O)NC(C)C)N(Cc1ccc(OC)cc1)C(=O)CCSCc1ccccc1. The Morgan fingerprint density at radius 1 is 1.03 bits per heavy atom. The van der Waals surface area contributed by atoms with Gasteiger partial charge in [-0.15, -0.1) is 0 Å². The van der Waals surface area contributed by atoms with Gasteiger partial charge in [-0.05, 0) is 43.5 Å². The first-order valence-electron chi connectivity index (χ1n) is 10.8. The number of hydrogen-bond donors (Lipinski definition) is 1. The second kappa shape index (κ2) is 13.1. The van der Waals surface area contributed by atoms with Gasteiger partial charge in [0, 0.05) is 30.5 Å². The highest BCUT2D eigenvalue weighted by Crippen LogP contribution is 2.19. The summed E-state index contributed by atoms with van der Waals surface area (Å²) in [4.78, 5) is 27.7. The van der Waals surface area contributed by atoms with Crippen LogP contribution < -0.4 is 10.1 Å². The van der Waals surface area contributed by atoms with Gasteiger partial charge in [0.15, 0.2) is 0 Å². The van der Waals surface area contributed by atoms with Gasteiger partial charge in [-0.2, -0.15) is 11.8 Å². The molecule has 0 aliphatic carbocycles. The van der Waals surface area contributed by atoms with Gasteiger partial charge >= 0.3 is 0 Å². The minimum atomic E-state index is -0.490. The molecule has 0 spiro atoms. The topological polar surface area (TPSA) is 58.6 Å². The first-order chi connectivity index (χ1) is 14.9. The van der Waals surface area contributed by atoms with Crippen LogP contribution in [0.25, 0.3) is 0 Å². The van der Waals surface area contributed by atoms with Crippen LogP contribution >= 0.6 is 11.8 Å². The van der Waals surface area contributed by atoms with Gasteiger partial charge < -0.3 is 15.0 Å². The Hall–Kier alpha value is -2.47. The molecule has 5 nitrogen and oxygen atoms in total. The lowest BCUT2D eigenvalue weighted by atomic mass is 10.1. The Labute approximate surface area is 190 Å². The Morgan fingerprint density at radius 3 is 2.29 bits per heavy atom. The molecule has 0 aliphatic heterocycles. The molecular formula is C25H34N2O3S. The average molecular weight is 443 g/mol. The molecule has 168 valence electrons. The highest BCUT2D eigenvalue weighted by atomic mass is 32.2. The van der Waals surface area contributed by atoms with E-state index in [1.54, 1.807) is 23.8 Å². The zero-order valence-corrected chi connectivity index (χ0v) is 19.8. The number of thioether (sulfide) groups is 1. The zero-order chi connectivity index (χ0) is 22.6. The average Bonchev–Trinajstić information content (AvgIpc) is 2.77. The van der Waals surface area contributed by atoms with Crippen molar-refractivity contribution in [3.8, 4) is 5.75 Å². The van der Waals surface area contributed by atoms with Crippen LogP contribution in [0, 0.1) is 0 Å². The molecule has 6 heteroatoms. The molecule has 1 atom stereocenters. The van der Waals surface area contributed by atoms with Crippen molar-refractivity contribution < 1.29 is 14.3 Å². The smallest absolute Gasteiger partial charge is 0.243 e. The summed E-state index contributed by atoms with van der Waals surface area (Å²) in [6.45, 7) is 6.21. The van der Waals surface area contributed by atoms with Crippen molar-refractivity contribution in [3.63, 3.8) is 0 Å². The van der Waals surface area contributed by atoms with Crippen molar-refractivity contribution in [1.82, 2.24) is 10.2 Å². The van der Waals surface area contributed by atoms with E-state index in [1.165, 1.54) is 5.56 Å². The fourth-order valence-electron chi connectivity index (χ4n) is 3.30. The maximum Gasteiger partial charge on any atom is 0.243 e. The number of rotatable bonds is 12.